The zero-order valence-electron chi connectivity index (χ0n) is 12.0. The summed E-state index contributed by atoms with van der Waals surface area (Å²) in [4.78, 5) is 2.53. The van der Waals surface area contributed by atoms with Gasteiger partial charge in [-0.3, -0.25) is 0 Å². The number of nitrogens with zero attached hydrogens (tertiary/aromatic N) is 1. The van der Waals surface area contributed by atoms with Gasteiger partial charge in [-0.05, 0) is 59.3 Å². The molecule has 3 heteroatoms. The first-order valence-corrected chi connectivity index (χ1v) is 8.35. The van der Waals surface area contributed by atoms with Gasteiger partial charge in [-0.15, -0.1) is 0 Å². The zero-order chi connectivity index (χ0) is 13.9. The second kappa shape index (κ2) is 5.98. The lowest BCUT2D eigenvalue weighted by atomic mass is 10.0. The van der Waals surface area contributed by atoms with Crippen molar-refractivity contribution in [1.29, 1.82) is 0 Å². The summed E-state index contributed by atoms with van der Waals surface area (Å²) >= 11 is 1.78. The normalized spacial score (nSPS) is 16.1. The first-order valence-electron chi connectivity index (χ1n) is 7.41. The van der Waals surface area contributed by atoms with E-state index >= 15 is 0 Å². The topological polar surface area (TPSA) is 29.3 Å². The maximum Gasteiger partial charge on any atom is 0.0440 e. The van der Waals surface area contributed by atoms with Gasteiger partial charge in [-0.25, -0.2) is 0 Å². The number of anilines is 1. The van der Waals surface area contributed by atoms with Crippen LogP contribution in [0.2, 0.25) is 0 Å². The molecule has 0 unspecified atom stereocenters. The fourth-order valence-electron chi connectivity index (χ4n) is 2.55. The lowest BCUT2D eigenvalue weighted by Crippen LogP contribution is -2.24. The first kappa shape index (κ1) is 13.7. The Morgan fingerprint density at radius 2 is 2.00 bits per heavy atom. The van der Waals surface area contributed by atoms with Gasteiger partial charge in [0, 0.05) is 24.3 Å². The number of rotatable bonds is 6. The quantitative estimate of drug-likeness (QED) is 0.856. The summed E-state index contributed by atoms with van der Waals surface area (Å²) in [6.45, 7) is 3.15. The van der Waals surface area contributed by atoms with Crippen molar-refractivity contribution in [1.82, 2.24) is 0 Å². The lowest BCUT2D eigenvalue weighted by Gasteiger charge is -2.25. The summed E-state index contributed by atoms with van der Waals surface area (Å²) in [5, 5.41) is 4.40. The van der Waals surface area contributed by atoms with E-state index in [0.717, 1.165) is 19.0 Å². The van der Waals surface area contributed by atoms with E-state index in [1.54, 1.807) is 11.3 Å². The molecule has 0 aliphatic heterocycles. The van der Waals surface area contributed by atoms with Crippen molar-refractivity contribution < 1.29 is 0 Å². The van der Waals surface area contributed by atoms with Crippen LogP contribution in [-0.2, 0) is 6.54 Å². The molecule has 1 atom stereocenters. The van der Waals surface area contributed by atoms with Crippen molar-refractivity contribution in [3.05, 3.63) is 52.2 Å². The molecule has 1 saturated carbocycles. The Labute approximate surface area is 125 Å². The van der Waals surface area contributed by atoms with Crippen molar-refractivity contribution in [3.63, 3.8) is 0 Å². The summed E-state index contributed by atoms with van der Waals surface area (Å²) < 4.78 is 0. The summed E-state index contributed by atoms with van der Waals surface area (Å²) in [6.07, 6.45) is 3.63. The molecule has 1 fully saturated rings. The minimum Gasteiger partial charge on any atom is -0.364 e. The Hall–Kier alpha value is -1.32. The molecule has 1 aliphatic rings. The van der Waals surface area contributed by atoms with Crippen LogP contribution in [-0.4, -0.2) is 6.04 Å². The number of hydrogen-bond acceptors (Lipinski definition) is 3. The standard InChI is InChI=1S/C17H22N2S/c1-2-17(18)14-3-5-15(6-4-14)19(16-7-8-16)11-13-9-10-20-12-13/h3-6,9-10,12,16-17H,2,7-8,11,18H2,1H3/t17-/m1/s1. The average molecular weight is 286 g/mol. The van der Waals surface area contributed by atoms with E-state index in [-0.39, 0.29) is 6.04 Å². The highest BCUT2D eigenvalue weighted by molar-refractivity contribution is 7.07. The highest BCUT2D eigenvalue weighted by atomic mass is 32.1. The average Bonchev–Trinajstić information content (AvgIpc) is 3.21. The Kier molecular flexibility index (Phi) is 4.08. The van der Waals surface area contributed by atoms with Gasteiger partial charge in [0.05, 0.1) is 0 Å². The molecule has 2 nitrogen and oxygen atoms in total. The van der Waals surface area contributed by atoms with Crippen LogP contribution in [0.1, 0.15) is 43.4 Å². The van der Waals surface area contributed by atoms with Crippen LogP contribution < -0.4 is 10.6 Å². The van der Waals surface area contributed by atoms with Crippen molar-refractivity contribution in [3.8, 4) is 0 Å². The number of nitrogens with two attached hydrogens (primary N) is 1. The molecule has 1 aromatic heterocycles. The molecule has 2 aromatic rings. The smallest absolute Gasteiger partial charge is 0.0440 e. The monoisotopic (exact) mass is 286 g/mol. The molecule has 0 bridgehead atoms. The third-order valence-electron chi connectivity index (χ3n) is 4.01. The summed E-state index contributed by atoms with van der Waals surface area (Å²) in [5.41, 5.74) is 10.1. The molecule has 3 rings (SSSR count). The van der Waals surface area contributed by atoms with Crippen LogP contribution in [0, 0.1) is 0 Å². The largest absolute Gasteiger partial charge is 0.364 e. The van der Waals surface area contributed by atoms with Crippen LogP contribution in [0.3, 0.4) is 0 Å². The van der Waals surface area contributed by atoms with Crippen LogP contribution in [0.15, 0.2) is 41.1 Å². The Morgan fingerprint density at radius 3 is 2.55 bits per heavy atom. The minimum absolute atomic E-state index is 0.162. The van der Waals surface area contributed by atoms with Gasteiger partial charge in [0.2, 0.25) is 0 Å². The molecule has 106 valence electrons. The molecular weight excluding hydrogens is 264 g/mol. The second-order valence-electron chi connectivity index (χ2n) is 5.60. The van der Waals surface area contributed by atoms with E-state index in [9.17, 15) is 0 Å². The molecule has 20 heavy (non-hydrogen) atoms. The van der Waals surface area contributed by atoms with Crippen LogP contribution in [0.4, 0.5) is 5.69 Å². The van der Waals surface area contributed by atoms with E-state index in [1.165, 1.54) is 29.7 Å². The molecule has 0 spiro atoms. The van der Waals surface area contributed by atoms with Crippen molar-refractivity contribution in [2.75, 3.05) is 4.90 Å². The van der Waals surface area contributed by atoms with E-state index in [1.807, 2.05) is 0 Å². The lowest BCUT2D eigenvalue weighted by molar-refractivity contribution is 0.698. The molecule has 1 heterocycles. The maximum absolute atomic E-state index is 6.09. The van der Waals surface area contributed by atoms with Gasteiger partial charge < -0.3 is 10.6 Å². The third-order valence-corrected chi connectivity index (χ3v) is 4.75. The van der Waals surface area contributed by atoms with Crippen molar-refractivity contribution in [2.45, 2.75) is 44.8 Å². The number of thiophene rings is 1. The van der Waals surface area contributed by atoms with Gasteiger partial charge in [-0.1, -0.05) is 19.1 Å². The highest BCUT2D eigenvalue weighted by Crippen LogP contribution is 2.33. The third kappa shape index (κ3) is 3.05. The second-order valence-corrected chi connectivity index (χ2v) is 6.38. The molecule has 1 aliphatic carbocycles. The van der Waals surface area contributed by atoms with Gasteiger partial charge >= 0.3 is 0 Å². The molecular formula is C17H22N2S. The van der Waals surface area contributed by atoms with Gasteiger partial charge in [0.15, 0.2) is 0 Å². The van der Waals surface area contributed by atoms with Gasteiger partial charge in [0.25, 0.3) is 0 Å². The maximum atomic E-state index is 6.09. The van der Waals surface area contributed by atoms with Gasteiger partial charge in [-0.2, -0.15) is 11.3 Å². The first-order chi connectivity index (χ1) is 9.78. The van der Waals surface area contributed by atoms with Crippen LogP contribution in [0.5, 0.6) is 0 Å². The fraction of sp³-hybridized carbons (Fsp3) is 0.412. The SMILES string of the molecule is CC[C@@H](N)c1ccc(N(Cc2ccsc2)C2CC2)cc1. The minimum atomic E-state index is 0.162. The molecule has 1 aromatic carbocycles. The number of hydrogen-bond donors (Lipinski definition) is 1. The van der Waals surface area contributed by atoms with E-state index < -0.39 is 0 Å². The summed E-state index contributed by atoms with van der Waals surface area (Å²) in [5.74, 6) is 0. The van der Waals surface area contributed by atoms with Crippen LogP contribution in [0.25, 0.3) is 0 Å². The fourth-order valence-corrected chi connectivity index (χ4v) is 3.21. The molecule has 0 amide bonds. The molecule has 0 saturated heterocycles. The highest BCUT2D eigenvalue weighted by Gasteiger charge is 2.29. The summed E-state index contributed by atoms with van der Waals surface area (Å²) in [7, 11) is 0. The van der Waals surface area contributed by atoms with Crippen molar-refractivity contribution in [2.24, 2.45) is 5.73 Å². The Balaban J connectivity index is 1.77. The number of benzene rings is 1. The Morgan fingerprint density at radius 1 is 1.25 bits per heavy atom. The predicted octanol–water partition coefficient (Wildman–Crippen LogP) is 4.33. The Bertz CT molecular complexity index is 529. The van der Waals surface area contributed by atoms with Crippen LogP contribution >= 0.6 is 11.3 Å². The van der Waals surface area contributed by atoms with Crippen molar-refractivity contribution >= 4 is 17.0 Å². The van der Waals surface area contributed by atoms with Gasteiger partial charge in [0.1, 0.15) is 0 Å². The molecule has 0 radical (unpaired) electrons. The van der Waals surface area contributed by atoms with E-state index in [4.69, 9.17) is 5.73 Å². The molecule has 2 N–H and O–H groups in total. The predicted molar refractivity (Wildman–Crippen MR) is 87.2 cm³/mol. The summed E-state index contributed by atoms with van der Waals surface area (Å²) in [6, 6.07) is 11.9. The zero-order valence-corrected chi connectivity index (χ0v) is 12.8. The van der Waals surface area contributed by atoms with E-state index in [0.29, 0.717) is 0 Å². The van der Waals surface area contributed by atoms with E-state index in [2.05, 4.69) is 52.9 Å².